The van der Waals surface area contributed by atoms with Gasteiger partial charge in [-0.2, -0.15) is 0 Å². The van der Waals surface area contributed by atoms with Crippen LogP contribution in [0.4, 0.5) is 17.1 Å². The van der Waals surface area contributed by atoms with Gasteiger partial charge < -0.3 is 13.9 Å². The molecule has 0 aliphatic heterocycles. The molecule has 3 nitrogen and oxygen atoms in total. The standard InChI is InChI=1S/C52H34N2O/c1-2-11-35(12-3-1)36-21-23-37(24-22-36)38-25-28-40(29-26-38)53(49-19-10-20-50-51(49)46-34-27-39-13-4-5-14-43(39)52(46)55-50)41-30-32-42(33-31-41)54-47-17-8-6-15-44(47)45-16-7-9-18-48(45)54/h1-34H/i25D,26D,28D,29D,30D,31D,32D,33D. The van der Waals surface area contributed by atoms with Gasteiger partial charge in [-0.25, -0.2) is 0 Å². The van der Waals surface area contributed by atoms with E-state index in [1.165, 1.54) is 4.90 Å². The first kappa shape index (κ1) is 24.1. The van der Waals surface area contributed by atoms with Crippen LogP contribution in [0.15, 0.2) is 210 Å². The summed E-state index contributed by atoms with van der Waals surface area (Å²) in [4.78, 5) is 1.37. The minimum absolute atomic E-state index is 0.0402. The highest BCUT2D eigenvalue weighted by Gasteiger charge is 2.21. The fraction of sp³-hybridized carbons (Fsp3) is 0. The number of anilines is 3. The normalized spacial score (nSPS) is 13.7. The van der Waals surface area contributed by atoms with Crippen molar-refractivity contribution in [3.63, 3.8) is 0 Å². The SMILES string of the molecule is [2H]c1c([2H])c(N(c2c([2H])c([2H])c(-n3c4ccccc4c4ccccc43)c([2H])c2[2H])c2cccc3oc4c5ccccc5ccc4c23)c([2H])c([2H])c1-c1ccc(-c2ccccc2)cc1. The van der Waals surface area contributed by atoms with Gasteiger partial charge in [0.25, 0.3) is 0 Å². The van der Waals surface area contributed by atoms with Crippen LogP contribution in [0.5, 0.6) is 0 Å². The summed E-state index contributed by atoms with van der Waals surface area (Å²) in [5.41, 5.74) is 4.82. The second-order valence-electron chi connectivity index (χ2n) is 13.5. The molecule has 2 heterocycles. The number of hydrogen-bond acceptors (Lipinski definition) is 2. The fourth-order valence-electron chi connectivity index (χ4n) is 7.78. The Morgan fingerprint density at radius 3 is 1.67 bits per heavy atom. The summed E-state index contributed by atoms with van der Waals surface area (Å²) < 4.78 is 85.5. The van der Waals surface area contributed by atoms with Gasteiger partial charge in [0.15, 0.2) is 0 Å². The number of rotatable bonds is 6. The van der Waals surface area contributed by atoms with Crippen LogP contribution in [0, 0.1) is 0 Å². The molecule has 2 aromatic heterocycles. The van der Waals surface area contributed by atoms with Crippen molar-refractivity contribution in [1.82, 2.24) is 4.57 Å². The van der Waals surface area contributed by atoms with Crippen LogP contribution >= 0.6 is 0 Å². The van der Waals surface area contributed by atoms with Crippen molar-refractivity contribution in [2.75, 3.05) is 4.90 Å². The van der Waals surface area contributed by atoms with Gasteiger partial charge in [0.1, 0.15) is 11.2 Å². The molecule has 0 saturated heterocycles. The highest BCUT2D eigenvalue weighted by atomic mass is 16.3. The molecule has 0 saturated carbocycles. The lowest BCUT2D eigenvalue weighted by Gasteiger charge is -2.27. The van der Waals surface area contributed by atoms with E-state index >= 15 is 0 Å². The molecule has 0 radical (unpaired) electrons. The monoisotopic (exact) mass is 710 g/mol. The molecule has 11 aromatic rings. The molecule has 258 valence electrons. The molecule has 0 N–H and O–H groups in total. The van der Waals surface area contributed by atoms with E-state index < -0.39 is 24.2 Å². The van der Waals surface area contributed by atoms with Gasteiger partial charge in [-0.3, -0.25) is 0 Å². The van der Waals surface area contributed by atoms with Gasteiger partial charge in [0.2, 0.25) is 0 Å². The Labute approximate surface area is 329 Å². The average Bonchev–Trinajstić information content (AvgIpc) is 3.87. The van der Waals surface area contributed by atoms with Crippen LogP contribution < -0.4 is 4.90 Å². The van der Waals surface area contributed by atoms with E-state index in [2.05, 4.69) is 0 Å². The summed E-state index contributed by atoms with van der Waals surface area (Å²) in [7, 11) is 0. The number of fused-ring (bicyclic) bond motifs is 8. The Morgan fingerprint density at radius 1 is 0.418 bits per heavy atom. The van der Waals surface area contributed by atoms with Crippen LogP contribution in [0.1, 0.15) is 11.0 Å². The van der Waals surface area contributed by atoms with Gasteiger partial charge in [-0.1, -0.05) is 139 Å². The average molecular weight is 711 g/mol. The Morgan fingerprint density at radius 2 is 0.982 bits per heavy atom. The smallest absolute Gasteiger partial charge is 0.143 e. The van der Waals surface area contributed by atoms with Crippen LogP contribution in [0.2, 0.25) is 0 Å². The Balaban J connectivity index is 1.20. The van der Waals surface area contributed by atoms with Crippen LogP contribution in [-0.2, 0) is 0 Å². The second kappa shape index (κ2) is 12.6. The number of benzene rings is 9. The van der Waals surface area contributed by atoms with Gasteiger partial charge in [-0.05, 0) is 94.2 Å². The molecular weight excluding hydrogens is 669 g/mol. The topological polar surface area (TPSA) is 21.3 Å². The summed E-state index contributed by atoms with van der Waals surface area (Å²) in [6.07, 6.45) is 0. The van der Waals surface area contributed by atoms with E-state index in [1.54, 1.807) is 34.9 Å². The van der Waals surface area contributed by atoms with Crippen molar-refractivity contribution in [3.8, 4) is 27.9 Å². The Kier molecular flexibility index (Phi) is 5.53. The summed E-state index contributed by atoms with van der Waals surface area (Å²) in [5, 5.41) is 4.82. The number of para-hydroxylation sites is 2. The van der Waals surface area contributed by atoms with E-state index in [1.807, 2.05) is 127 Å². The van der Waals surface area contributed by atoms with Crippen molar-refractivity contribution in [3.05, 3.63) is 206 Å². The molecule has 0 aliphatic carbocycles. The first-order chi connectivity index (χ1) is 30.6. The van der Waals surface area contributed by atoms with Crippen LogP contribution in [-0.4, -0.2) is 4.57 Å². The molecule has 3 heteroatoms. The third-order valence-electron chi connectivity index (χ3n) is 10.3. The third kappa shape index (κ3) is 5.13. The zero-order valence-electron chi connectivity index (χ0n) is 37.3. The summed E-state index contributed by atoms with van der Waals surface area (Å²) in [5.74, 6) is 0. The summed E-state index contributed by atoms with van der Waals surface area (Å²) >= 11 is 0. The van der Waals surface area contributed by atoms with Crippen molar-refractivity contribution in [1.29, 1.82) is 0 Å². The predicted octanol–water partition coefficient (Wildman–Crippen LogP) is 14.6. The fourth-order valence-corrected chi connectivity index (χ4v) is 7.78. The quantitative estimate of drug-likeness (QED) is 0.171. The largest absolute Gasteiger partial charge is 0.455 e. The maximum Gasteiger partial charge on any atom is 0.143 e. The Bertz CT molecular complexity index is 3560. The second-order valence-corrected chi connectivity index (χ2v) is 13.5. The lowest BCUT2D eigenvalue weighted by atomic mass is 10.00. The van der Waals surface area contributed by atoms with Crippen LogP contribution in [0.3, 0.4) is 0 Å². The molecule has 11 rings (SSSR count). The number of aromatic nitrogens is 1. The first-order valence-corrected chi connectivity index (χ1v) is 18.1. The Hall–Kier alpha value is -7.36. The van der Waals surface area contributed by atoms with Gasteiger partial charge in [0.05, 0.1) is 33.1 Å². The molecule has 0 unspecified atom stereocenters. The van der Waals surface area contributed by atoms with Gasteiger partial charge in [-0.15, -0.1) is 0 Å². The first-order valence-electron chi connectivity index (χ1n) is 22.1. The van der Waals surface area contributed by atoms with E-state index in [0.29, 0.717) is 44.2 Å². The molecule has 0 spiro atoms. The highest BCUT2D eigenvalue weighted by molar-refractivity contribution is 6.19. The minimum Gasteiger partial charge on any atom is -0.455 e. The van der Waals surface area contributed by atoms with Gasteiger partial charge >= 0.3 is 0 Å². The molecule has 0 amide bonds. The molecular formula is C52H34N2O. The maximum atomic E-state index is 9.79. The zero-order chi connectivity index (χ0) is 43.3. The lowest BCUT2D eigenvalue weighted by Crippen LogP contribution is -2.10. The van der Waals surface area contributed by atoms with E-state index in [-0.39, 0.29) is 46.8 Å². The van der Waals surface area contributed by atoms with Gasteiger partial charge in [0, 0.05) is 38.6 Å². The van der Waals surface area contributed by atoms with Crippen molar-refractivity contribution in [2.45, 2.75) is 0 Å². The molecule has 0 bridgehead atoms. The van der Waals surface area contributed by atoms with Crippen molar-refractivity contribution >= 4 is 71.6 Å². The maximum absolute atomic E-state index is 9.79. The van der Waals surface area contributed by atoms with E-state index in [9.17, 15) is 11.0 Å². The predicted molar refractivity (Wildman–Crippen MR) is 231 cm³/mol. The summed E-state index contributed by atoms with van der Waals surface area (Å²) in [6.45, 7) is 0. The van der Waals surface area contributed by atoms with Crippen LogP contribution in [0.25, 0.3) is 82.5 Å². The zero-order valence-corrected chi connectivity index (χ0v) is 29.3. The van der Waals surface area contributed by atoms with E-state index in [4.69, 9.17) is 4.42 Å². The van der Waals surface area contributed by atoms with Crippen molar-refractivity contribution < 1.29 is 15.4 Å². The molecule has 9 aromatic carbocycles. The number of furan rings is 1. The number of nitrogens with zero attached hydrogens (tertiary/aromatic N) is 2. The van der Waals surface area contributed by atoms with Crippen molar-refractivity contribution in [2.24, 2.45) is 0 Å². The summed E-state index contributed by atoms with van der Waals surface area (Å²) in [6, 6.07) is 46.3. The third-order valence-corrected chi connectivity index (χ3v) is 10.3. The minimum atomic E-state index is -0.430. The molecule has 0 fully saturated rings. The highest BCUT2D eigenvalue weighted by Crippen LogP contribution is 2.45. The van der Waals surface area contributed by atoms with E-state index in [0.717, 1.165) is 32.7 Å². The molecule has 55 heavy (non-hydrogen) atoms. The number of hydrogen-bond donors (Lipinski definition) is 0. The molecule has 0 atom stereocenters. The lowest BCUT2D eigenvalue weighted by molar-refractivity contribution is 0.672. The molecule has 0 aliphatic rings.